The molecule has 1 fully saturated rings. The molecule has 1 aliphatic rings. The van der Waals surface area contributed by atoms with Gasteiger partial charge in [0.25, 0.3) is 0 Å². The van der Waals surface area contributed by atoms with E-state index in [1.165, 1.54) is 11.1 Å². The van der Waals surface area contributed by atoms with Gasteiger partial charge in [0.05, 0.1) is 12.7 Å². The van der Waals surface area contributed by atoms with Gasteiger partial charge in [0.15, 0.2) is 12.6 Å². The molecule has 1 saturated carbocycles. The zero-order chi connectivity index (χ0) is 30.0. The van der Waals surface area contributed by atoms with E-state index in [9.17, 15) is 10.2 Å². The molecular formula is C37H42O6. The van der Waals surface area contributed by atoms with Crippen molar-refractivity contribution in [2.45, 2.75) is 71.1 Å². The summed E-state index contributed by atoms with van der Waals surface area (Å²) in [5.74, 6) is 2.65. The van der Waals surface area contributed by atoms with Crippen LogP contribution in [0.3, 0.4) is 0 Å². The molecule has 0 aromatic heterocycles. The largest absolute Gasteiger partial charge is 0.508 e. The first-order valence-electron chi connectivity index (χ1n) is 15.2. The third-order valence-electron chi connectivity index (χ3n) is 7.88. The number of phenolic OH excluding ortho intramolecular Hbond substituents is 2. The van der Waals surface area contributed by atoms with Crippen molar-refractivity contribution < 1.29 is 29.2 Å². The van der Waals surface area contributed by atoms with Gasteiger partial charge in [-0.3, -0.25) is 0 Å². The first kappa shape index (κ1) is 30.5. The van der Waals surface area contributed by atoms with Crippen molar-refractivity contribution >= 4 is 0 Å². The molecule has 1 aliphatic carbocycles. The number of rotatable bonds is 13. The summed E-state index contributed by atoms with van der Waals surface area (Å²) < 4.78 is 24.3. The lowest BCUT2D eigenvalue weighted by atomic mass is 9.88. The minimum Gasteiger partial charge on any atom is -0.508 e. The molecule has 0 bridgehead atoms. The molecule has 5 rings (SSSR count). The second-order valence-corrected chi connectivity index (χ2v) is 11.5. The summed E-state index contributed by atoms with van der Waals surface area (Å²) in [4.78, 5) is 0. The van der Waals surface area contributed by atoms with E-state index in [1.807, 2.05) is 62.4 Å². The fourth-order valence-corrected chi connectivity index (χ4v) is 5.49. The van der Waals surface area contributed by atoms with E-state index < -0.39 is 0 Å². The molecule has 2 atom stereocenters. The first-order valence-corrected chi connectivity index (χ1v) is 15.2. The van der Waals surface area contributed by atoms with Crippen LogP contribution in [0.1, 0.15) is 61.8 Å². The lowest BCUT2D eigenvalue weighted by Crippen LogP contribution is -2.30. The van der Waals surface area contributed by atoms with Crippen LogP contribution in [0.2, 0.25) is 0 Å². The third-order valence-corrected chi connectivity index (χ3v) is 7.88. The second-order valence-electron chi connectivity index (χ2n) is 11.5. The fraction of sp³-hybridized carbons (Fsp3) is 0.351. The normalized spacial score (nSPS) is 18.1. The predicted molar refractivity (Wildman–Crippen MR) is 168 cm³/mol. The number of hydrogen-bond donors (Lipinski definition) is 2. The average Bonchev–Trinajstić information content (AvgIpc) is 3.01. The highest BCUT2D eigenvalue weighted by molar-refractivity contribution is 5.35. The van der Waals surface area contributed by atoms with Gasteiger partial charge in [0.2, 0.25) is 0 Å². The summed E-state index contributed by atoms with van der Waals surface area (Å²) in [5.41, 5.74) is 4.68. The minimum absolute atomic E-state index is 0.189. The van der Waals surface area contributed by atoms with Crippen molar-refractivity contribution in [2.75, 3.05) is 6.61 Å². The Kier molecular flexibility index (Phi) is 10.6. The van der Waals surface area contributed by atoms with E-state index in [0.29, 0.717) is 12.5 Å². The van der Waals surface area contributed by atoms with E-state index in [0.717, 1.165) is 61.2 Å². The van der Waals surface area contributed by atoms with Crippen molar-refractivity contribution in [1.29, 1.82) is 0 Å². The van der Waals surface area contributed by atoms with Gasteiger partial charge in [-0.2, -0.15) is 0 Å². The maximum Gasteiger partial charge on any atom is 0.197 e. The summed E-state index contributed by atoms with van der Waals surface area (Å²) in [6.45, 7) is 4.58. The van der Waals surface area contributed by atoms with Gasteiger partial charge in [-0.15, -0.1) is 0 Å². The molecule has 0 saturated heterocycles. The van der Waals surface area contributed by atoms with Crippen LogP contribution >= 0.6 is 0 Å². The van der Waals surface area contributed by atoms with E-state index in [1.54, 1.807) is 24.3 Å². The monoisotopic (exact) mass is 582 g/mol. The molecule has 2 N–H and O–H groups in total. The molecule has 0 aliphatic heterocycles. The smallest absolute Gasteiger partial charge is 0.197 e. The van der Waals surface area contributed by atoms with Gasteiger partial charge in [-0.05, 0) is 129 Å². The van der Waals surface area contributed by atoms with Crippen LogP contribution in [-0.2, 0) is 22.3 Å². The lowest BCUT2D eigenvalue weighted by Gasteiger charge is -2.31. The number of phenols is 2. The van der Waals surface area contributed by atoms with Crippen LogP contribution in [-0.4, -0.2) is 35.5 Å². The zero-order valence-electron chi connectivity index (χ0n) is 25.0. The standard InChI is InChI=1S/C37H42O6/c1-26(41-35-17-7-30(8-18-35)23-28-3-13-33(38)14-4-28)40-25-32-11-21-37(22-12-32)43-27(2)42-36-19-9-31(10-20-36)24-29-5-15-34(39)16-6-29/h3-10,13-20,26-27,32,37-39H,11-12,21-25H2,1-2H3. The van der Waals surface area contributed by atoms with Crippen LogP contribution in [0.5, 0.6) is 23.0 Å². The van der Waals surface area contributed by atoms with Gasteiger partial charge in [-0.1, -0.05) is 48.5 Å². The highest BCUT2D eigenvalue weighted by Crippen LogP contribution is 2.28. The highest BCUT2D eigenvalue weighted by atomic mass is 16.7. The first-order chi connectivity index (χ1) is 20.9. The van der Waals surface area contributed by atoms with Crippen LogP contribution in [0.4, 0.5) is 0 Å². The predicted octanol–water partition coefficient (Wildman–Crippen LogP) is 8.02. The maximum atomic E-state index is 9.46. The Balaban J connectivity index is 0.967. The number of benzene rings is 4. The molecule has 226 valence electrons. The summed E-state index contributed by atoms with van der Waals surface area (Å²) in [5, 5.41) is 18.9. The Hall–Kier alpha value is -4.00. The quantitative estimate of drug-likeness (QED) is 0.156. The molecule has 4 aromatic carbocycles. The molecule has 6 heteroatoms. The molecule has 4 aromatic rings. The van der Waals surface area contributed by atoms with Gasteiger partial charge in [-0.25, -0.2) is 0 Å². The summed E-state index contributed by atoms with van der Waals surface area (Å²) >= 11 is 0. The van der Waals surface area contributed by atoms with Gasteiger partial charge < -0.3 is 29.2 Å². The Bertz CT molecular complexity index is 1380. The highest BCUT2D eigenvalue weighted by Gasteiger charge is 2.24. The van der Waals surface area contributed by atoms with E-state index in [-0.39, 0.29) is 30.2 Å². The van der Waals surface area contributed by atoms with E-state index in [4.69, 9.17) is 18.9 Å². The second kappa shape index (κ2) is 14.9. The van der Waals surface area contributed by atoms with Crippen molar-refractivity contribution in [1.82, 2.24) is 0 Å². The lowest BCUT2D eigenvalue weighted by molar-refractivity contribution is -0.127. The molecule has 0 heterocycles. The zero-order valence-corrected chi connectivity index (χ0v) is 25.0. The molecule has 0 amide bonds. The molecule has 43 heavy (non-hydrogen) atoms. The topological polar surface area (TPSA) is 77.4 Å². The SMILES string of the molecule is CC(OCC1CCC(OC(C)Oc2ccc(Cc3ccc(O)cc3)cc2)CC1)Oc1ccc(Cc2ccc(O)cc2)cc1. The van der Waals surface area contributed by atoms with Crippen LogP contribution < -0.4 is 9.47 Å². The molecule has 0 radical (unpaired) electrons. The Morgan fingerprint density at radius 1 is 0.558 bits per heavy atom. The van der Waals surface area contributed by atoms with Gasteiger partial charge in [0.1, 0.15) is 23.0 Å². The summed E-state index contributed by atoms with van der Waals surface area (Å²) in [7, 11) is 0. The van der Waals surface area contributed by atoms with Gasteiger partial charge >= 0.3 is 0 Å². The van der Waals surface area contributed by atoms with Crippen molar-refractivity contribution in [3.05, 3.63) is 119 Å². The van der Waals surface area contributed by atoms with Crippen molar-refractivity contribution in [3.63, 3.8) is 0 Å². The van der Waals surface area contributed by atoms with E-state index >= 15 is 0 Å². The molecule has 6 nitrogen and oxygen atoms in total. The average molecular weight is 583 g/mol. The fourth-order valence-electron chi connectivity index (χ4n) is 5.49. The summed E-state index contributed by atoms with van der Waals surface area (Å²) in [6, 6.07) is 30.8. The summed E-state index contributed by atoms with van der Waals surface area (Å²) in [6.07, 6.45) is 5.26. The van der Waals surface area contributed by atoms with Gasteiger partial charge in [0, 0.05) is 0 Å². The molecule has 0 spiro atoms. The molecular weight excluding hydrogens is 540 g/mol. The molecule has 2 unspecified atom stereocenters. The van der Waals surface area contributed by atoms with Crippen molar-refractivity contribution in [3.8, 4) is 23.0 Å². The number of hydrogen-bond acceptors (Lipinski definition) is 6. The van der Waals surface area contributed by atoms with Crippen LogP contribution in [0, 0.1) is 5.92 Å². The Morgan fingerprint density at radius 3 is 1.40 bits per heavy atom. The van der Waals surface area contributed by atoms with Crippen molar-refractivity contribution in [2.24, 2.45) is 5.92 Å². The Labute approximate surface area is 254 Å². The minimum atomic E-state index is -0.321. The Morgan fingerprint density at radius 2 is 0.953 bits per heavy atom. The number of aromatic hydroxyl groups is 2. The van der Waals surface area contributed by atoms with Crippen LogP contribution in [0.15, 0.2) is 97.1 Å². The maximum absolute atomic E-state index is 9.46. The third kappa shape index (κ3) is 9.77. The van der Waals surface area contributed by atoms with E-state index in [2.05, 4.69) is 24.3 Å². The van der Waals surface area contributed by atoms with Crippen LogP contribution in [0.25, 0.3) is 0 Å². The number of ether oxygens (including phenoxy) is 4.